The van der Waals surface area contributed by atoms with E-state index in [0.29, 0.717) is 0 Å². The summed E-state index contributed by atoms with van der Waals surface area (Å²) in [7, 11) is 0. The van der Waals surface area contributed by atoms with E-state index in [4.69, 9.17) is 9.84 Å². The summed E-state index contributed by atoms with van der Waals surface area (Å²) >= 11 is 0. The van der Waals surface area contributed by atoms with Crippen molar-refractivity contribution in [2.45, 2.75) is 19.4 Å². The summed E-state index contributed by atoms with van der Waals surface area (Å²) in [5.74, 6) is -0.135. The molecule has 0 aromatic carbocycles. The molecule has 1 unspecified atom stereocenters. The second-order valence-corrected chi connectivity index (χ2v) is 4.19. The zero-order valence-electron chi connectivity index (χ0n) is 9.80. The first-order valence-corrected chi connectivity index (χ1v) is 5.72. The third kappa shape index (κ3) is 2.94. The predicted molar refractivity (Wildman–Crippen MR) is 63.4 cm³/mol. The molecule has 0 saturated carbocycles. The first-order valence-electron chi connectivity index (χ1n) is 5.72. The van der Waals surface area contributed by atoms with Crippen LogP contribution in [0.4, 0.5) is 5.82 Å². The molecule has 17 heavy (non-hydrogen) atoms. The molecule has 1 fully saturated rings. The molecule has 2 heterocycles. The first kappa shape index (κ1) is 11.9. The number of carboxylic acids is 1. The van der Waals surface area contributed by atoms with Gasteiger partial charge in [0, 0.05) is 25.9 Å². The van der Waals surface area contributed by atoms with Crippen molar-refractivity contribution in [3.8, 4) is 0 Å². The number of nitrogens with zero attached hydrogens (tertiary/aromatic N) is 2. The Balaban J connectivity index is 2.12. The number of carbonyl (C=O) groups is 1. The third-order valence-electron chi connectivity index (χ3n) is 2.77. The van der Waals surface area contributed by atoms with Gasteiger partial charge in [-0.05, 0) is 25.5 Å². The molecule has 1 aliphatic heterocycles. The standard InChI is InChI=1S/C12H16N2O3/c1-9-8-14(5-2-6-17-9)11-4-3-10(7-13-11)12(15)16/h3-4,7,9H,2,5-6,8H2,1H3,(H,15,16). The fraction of sp³-hybridized carbons (Fsp3) is 0.500. The highest BCUT2D eigenvalue weighted by Gasteiger charge is 2.16. The van der Waals surface area contributed by atoms with Crippen molar-refractivity contribution < 1.29 is 14.6 Å². The minimum absolute atomic E-state index is 0.179. The van der Waals surface area contributed by atoms with Crippen LogP contribution in [0.3, 0.4) is 0 Å². The van der Waals surface area contributed by atoms with Gasteiger partial charge in [0.25, 0.3) is 0 Å². The second-order valence-electron chi connectivity index (χ2n) is 4.19. The summed E-state index contributed by atoms with van der Waals surface area (Å²) in [4.78, 5) is 17.0. The van der Waals surface area contributed by atoms with Crippen molar-refractivity contribution in [2.24, 2.45) is 0 Å². The summed E-state index contributed by atoms with van der Waals surface area (Å²) in [6.07, 6.45) is 2.54. The number of rotatable bonds is 2. The van der Waals surface area contributed by atoms with E-state index in [1.54, 1.807) is 12.1 Å². The smallest absolute Gasteiger partial charge is 0.337 e. The van der Waals surface area contributed by atoms with E-state index in [-0.39, 0.29) is 11.7 Å². The summed E-state index contributed by atoms with van der Waals surface area (Å²) in [5.41, 5.74) is 0.216. The Labute approximate surface area is 100 Å². The van der Waals surface area contributed by atoms with E-state index in [1.165, 1.54) is 6.20 Å². The number of ether oxygens (including phenoxy) is 1. The molecule has 1 saturated heterocycles. The van der Waals surface area contributed by atoms with Gasteiger partial charge < -0.3 is 14.7 Å². The van der Waals surface area contributed by atoms with Crippen molar-refractivity contribution in [3.63, 3.8) is 0 Å². The van der Waals surface area contributed by atoms with Gasteiger partial charge in [0.1, 0.15) is 5.82 Å². The fourth-order valence-electron chi connectivity index (χ4n) is 1.90. The van der Waals surface area contributed by atoms with Crippen LogP contribution in [0.1, 0.15) is 23.7 Å². The maximum atomic E-state index is 10.7. The Bertz CT molecular complexity index is 391. The van der Waals surface area contributed by atoms with E-state index in [0.717, 1.165) is 31.9 Å². The minimum atomic E-state index is -0.948. The van der Waals surface area contributed by atoms with Gasteiger partial charge in [0.2, 0.25) is 0 Å². The van der Waals surface area contributed by atoms with Gasteiger partial charge in [-0.15, -0.1) is 0 Å². The average Bonchev–Trinajstić information content (AvgIpc) is 2.54. The molecule has 5 nitrogen and oxygen atoms in total. The van der Waals surface area contributed by atoms with Crippen LogP contribution in [0.2, 0.25) is 0 Å². The van der Waals surface area contributed by atoms with Crippen LogP contribution in [0, 0.1) is 0 Å². The largest absolute Gasteiger partial charge is 0.478 e. The van der Waals surface area contributed by atoms with Crippen LogP contribution < -0.4 is 4.90 Å². The fourth-order valence-corrected chi connectivity index (χ4v) is 1.90. The molecule has 92 valence electrons. The Morgan fingerprint density at radius 1 is 1.59 bits per heavy atom. The van der Waals surface area contributed by atoms with E-state index < -0.39 is 5.97 Å². The van der Waals surface area contributed by atoms with Crippen LogP contribution in [0.5, 0.6) is 0 Å². The van der Waals surface area contributed by atoms with Gasteiger partial charge in [-0.1, -0.05) is 0 Å². The van der Waals surface area contributed by atoms with Crippen molar-refractivity contribution in [1.29, 1.82) is 0 Å². The predicted octanol–water partition coefficient (Wildman–Crippen LogP) is 1.40. The van der Waals surface area contributed by atoms with Gasteiger partial charge in [-0.25, -0.2) is 9.78 Å². The molecule has 1 aromatic rings. The maximum absolute atomic E-state index is 10.7. The molecule has 1 atom stereocenters. The quantitative estimate of drug-likeness (QED) is 0.840. The van der Waals surface area contributed by atoms with Gasteiger partial charge in [0.05, 0.1) is 11.7 Å². The van der Waals surface area contributed by atoms with Crippen molar-refractivity contribution in [1.82, 2.24) is 4.98 Å². The molecule has 5 heteroatoms. The van der Waals surface area contributed by atoms with E-state index in [1.807, 2.05) is 6.92 Å². The highest BCUT2D eigenvalue weighted by atomic mass is 16.5. The maximum Gasteiger partial charge on any atom is 0.337 e. The minimum Gasteiger partial charge on any atom is -0.478 e. The SMILES string of the molecule is CC1CN(c2ccc(C(=O)O)cn2)CCCO1. The molecular formula is C12H16N2O3. The summed E-state index contributed by atoms with van der Waals surface area (Å²) < 4.78 is 5.55. The lowest BCUT2D eigenvalue weighted by Gasteiger charge is -2.23. The second kappa shape index (κ2) is 5.14. The number of anilines is 1. The molecule has 2 rings (SSSR count). The van der Waals surface area contributed by atoms with Gasteiger partial charge in [-0.3, -0.25) is 0 Å². The first-order chi connectivity index (χ1) is 8.16. The molecular weight excluding hydrogens is 220 g/mol. The number of hydrogen-bond donors (Lipinski definition) is 1. The molecule has 0 amide bonds. The zero-order chi connectivity index (χ0) is 12.3. The van der Waals surface area contributed by atoms with E-state index >= 15 is 0 Å². The zero-order valence-corrected chi connectivity index (χ0v) is 9.80. The average molecular weight is 236 g/mol. The van der Waals surface area contributed by atoms with Crippen molar-refractivity contribution >= 4 is 11.8 Å². The van der Waals surface area contributed by atoms with Gasteiger partial charge in [-0.2, -0.15) is 0 Å². The number of pyridine rings is 1. The lowest BCUT2D eigenvalue weighted by atomic mass is 10.2. The van der Waals surface area contributed by atoms with Crippen molar-refractivity contribution in [2.75, 3.05) is 24.6 Å². The van der Waals surface area contributed by atoms with Crippen LogP contribution in [0.25, 0.3) is 0 Å². The highest BCUT2D eigenvalue weighted by molar-refractivity contribution is 5.87. The van der Waals surface area contributed by atoms with Crippen LogP contribution in [-0.2, 0) is 4.74 Å². The molecule has 0 bridgehead atoms. The molecule has 0 radical (unpaired) electrons. The monoisotopic (exact) mass is 236 g/mol. The molecule has 1 N–H and O–H groups in total. The lowest BCUT2D eigenvalue weighted by molar-refractivity contribution is 0.0696. The Hall–Kier alpha value is -1.62. The summed E-state index contributed by atoms with van der Waals surface area (Å²) in [6.45, 7) is 4.48. The summed E-state index contributed by atoms with van der Waals surface area (Å²) in [6, 6.07) is 3.34. The molecule has 1 aliphatic rings. The normalized spacial score (nSPS) is 21.0. The number of aromatic carboxylic acids is 1. The van der Waals surface area contributed by atoms with Crippen LogP contribution >= 0.6 is 0 Å². The summed E-state index contributed by atoms with van der Waals surface area (Å²) in [5, 5.41) is 8.80. The molecule has 0 aliphatic carbocycles. The van der Waals surface area contributed by atoms with Crippen LogP contribution in [-0.4, -0.2) is 41.9 Å². The van der Waals surface area contributed by atoms with Crippen molar-refractivity contribution in [3.05, 3.63) is 23.9 Å². The van der Waals surface area contributed by atoms with Crippen LogP contribution in [0.15, 0.2) is 18.3 Å². The third-order valence-corrected chi connectivity index (χ3v) is 2.77. The highest BCUT2D eigenvalue weighted by Crippen LogP contribution is 2.15. The Kier molecular flexibility index (Phi) is 3.58. The van der Waals surface area contributed by atoms with Gasteiger partial charge >= 0.3 is 5.97 Å². The Morgan fingerprint density at radius 3 is 3.06 bits per heavy atom. The van der Waals surface area contributed by atoms with Gasteiger partial charge in [0.15, 0.2) is 0 Å². The molecule has 1 aromatic heterocycles. The van der Waals surface area contributed by atoms with E-state index in [9.17, 15) is 4.79 Å². The Morgan fingerprint density at radius 2 is 2.41 bits per heavy atom. The number of aromatic nitrogens is 1. The van der Waals surface area contributed by atoms with E-state index in [2.05, 4.69) is 9.88 Å². The molecule has 0 spiro atoms. The topological polar surface area (TPSA) is 62.7 Å². The number of hydrogen-bond acceptors (Lipinski definition) is 4. The lowest BCUT2D eigenvalue weighted by Crippen LogP contribution is -2.30. The number of carboxylic acid groups (broad SMARTS) is 1.